The van der Waals surface area contributed by atoms with Gasteiger partial charge in [0, 0.05) is 38.4 Å². The minimum atomic E-state index is -0.0347. The molecule has 1 fully saturated rings. The third-order valence-electron chi connectivity index (χ3n) is 7.42. The quantitative estimate of drug-likeness (QED) is 0.287. The number of nitrogens with zero attached hydrogens (tertiary/aromatic N) is 5. The predicted molar refractivity (Wildman–Crippen MR) is 162 cm³/mol. The molecule has 0 spiro atoms. The van der Waals surface area contributed by atoms with Crippen molar-refractivity contribution in [2.75, 3.05) is 36.4 Å². The summed E-state index contributed by atoms with van der Waals surface area (Å²) in [4.78, 5) is 26.8. The van der Waals surface area contributed by atoms with Crippen LogP contribution in [0.15, 0.2) is 103 Å². The Morgan fingerprint density at radius 3 is 2.27 bits per heavy atom. The number of amides is 1. The van der Waals surface area contributed by atoms with Gasteiger partial charge in [-0.2, -0.15) is 5.26 Å². The van der Waals surface area contributed by atoms with Gasteiger partial charge >= 0.3 is 0 Å². The van der Waals surface area contributed by atoms with E-state index in [2.05, 4.69) is 38.3 Å². The molecule has 1 aromatic heterocycles. The first-order valence-electron chi connectivity index (χ1n) is 13.8. The zero-order valence-corrected chi connectivity index (χ0v) is 22.7. The van der Waals surface area contributed by atoms with Crippen LogP contribution in [0, 0.1) is 11.3 Å². The molecule has 1 aliphatic heterocycles. The number of aromatic nitrogens is 2. The van der Waals surface area contributed by atoms with E-state index >= 15 is 0 Å². The molecule has 0 unspecified atom stereocenters. The molecule has 1 saturated heterocycles. The fourth-order valence-corrected chi connectivity index (χ4v) is 5.14. The minimum absolute atomic E-state index is 0.0347. The number of carbonyl (C=O) groups is 1. The fourth-order valence-electron chi connectivity index (χ4n) is 5.14. The van der Waals surface area contributed by atoms with Gasteiger partial charge in [0.25, 0.3) is 0 Å². The van der Waals surface area contributed by atoms with Crippen molar-refractivity contribution in [3.63, 3.8) is 0 Å². The zero-order chi connectivity index (χ0) is 28.0. The highest BCUT2D eigenvalue weighted by atomic mass is 16.1. The summed E-state index contributed by atoms with van der Waals surface area (Å²) in [5.41, 5.74) is 7.51. The third-order valence-corrected chi connectivity index (χ3v) is 7.42. The van der Waals surface area contributed by atoms with Gasteiger partial charge in [0.05, 0.1) is 35.3 Å². The largest absolute Gasteiger partial charge is 0.353 e. The lowest BCUT2D eigenvalue weighted by Crippen LogP contribution is -2.46. The van der Waals surface area contributed by atoms with Gasteiger partial charge in [0.2, 0.25) is 5.91 Å². The highest BCUT2D eigenvalue weighted by Crippen LogP contribution is 2.26. The van der Waals surface area contributed by atoms with Crippen LogP contribution in [0.5, 0.6) is 0 Å². The molecule has 0 saturated carbocycles. The number of hydrogen-bond acceptors (Lipinski definition) is 6. The Labute approximate surface area is 239 Å². The molecule has 1 N–H and O–H groups in total. The molecule has 5 aromatic rings. The molecule has 1 amide bonds. The SMILES string of the molecule is N#Cc1ccc(CN2CCN(c3cnc4ccc(-c5ccc(NC(=O)Cc6ccccc6)cc5)cc4n3)CC2)cc1. The summed E-state index contributed by atoms with van der Waals surface area (Å²) in [6.07, 6.45) is 2.21. The molecule has 4 aromatic carbocycles. The molecule has 202 valence electrons. The van der Waals surface area contributed by atoms with Gasteiger partial charge in [0.1, 0.15) is 5.82 Å². The second-order valence-electron chi connectivity index (χ2n) is 10.3. The highest BCUT2D eigenvalue weighted by molar-refractivity contribution is 5.92. The van der Waals surface area contributed by atoms with Crippen molar-refractivity contribution in [3.05, 3.63) is 120 Å². The first-order valence-corrected chi connectivity index (χ1v) is 13.8. The van der Waals surface area contributed by atoms with Crippen molar-refractivity contribution in [1.82, 2.24) is 14.9 Å². The summed E-state index contributed by atoms with van der Waals surface area (Å²) in [5, 5.41) is 12.0. The van der Waals surface area contributed by atoms with E-state index in [0.717, 1.165) is 72.0 Å². The van der Waals surface area contributed by atoms with Gasteiger partial charge in [-0.05, 0) is 58.7 Å². The molecule has 41 heavy (non-hydrogen) atoms. The first-order chi connectivity index (χ1) is 20.1. The highest BCUT2D eigenvalue weighted by Gasteiger charge is 2.19. The number of hydrogen-bond donors (Lipinski definition) is 1. The van der Waals surface area contributed by atoms with E-state index < -0.39 is 0 Å². The number of anilines is 2. The molecule has 1 aliphatic rings. The summed E-state index contributed by atoms with van der Waals surface area (Å²) in [6.45, 7) is 4.52. The number of rotatable bonds is 7. The van der Waals surface area contributed by atoms with Crippen LogP contribution in [0.25, 0.3) is 22.2 Å². The summed E-state index contributed by atoms with van der Waals surface area (Å²) in [5.74, 6) is 0.858. The van der Waals surface area contributed by atoms with Crippen molar-refractivity contribution in [2.24, 2.45) is 0 Å². The average Bonchev–Trinajstić information content (AvgIpc) is 3.02. The molecule has 0 bridgehead atoms. The van der Waals surface area contributed by atoms with E-state index in [1.54, 1.807) is 0 Å². The molecule has 7 nitrogen and oxygen atoms in total. The van der Waals surface area contributed by atoms with Gasteiger partial charge in [-0.1, -0.05) is 60.7 Å². The molecular weight excluding hydrogens is 508 g/mol. The normalized spacial score (nSPS) is 13.6. The third kappa shape index (κ3) is 6.40. The summed E-state index contributed by atoms with van der Waals surface area (Å²) in [7, 11) is 0. The Balaban J connectivity index is 1.09. The van der Waals surface area contributed by atoms with E-state index in [4.69, 9.17) is 10.2 Å². The van der Waals surface area contributed by atoms with Crippen LogP contribution in [-0.2, 0) is 17.8 Å². The van der Waals surface area contributed by atoms with E-state index in [9.17, 15) is 4.79 Å². The molecule has 0 radical (unpaired) electrons. The van der Waals surface area contributed by atoms with Crippen LogP contribution in [0.3, 0.4) is 0 Å². The van der Waals surface area contributed by atoms with Gasteiger partial charge in [-0.15, -0.1) is 0 Å². The number of benzene rings is 4. The monoisotopic (exact) mass is 538 g/mol. The number of nitrogens with one attached hydrogen (secondary N) is 1. The Morgan fingerprint density at radius 2 is 1.54 bits per heavy atom. The Bertz CT molecular complexity index is 1690. The summed E-state index contributed by atoms with van der Waals surface area (Å²) in [6, 6.07) is 33.8. The van der Waals surface area contributed by atoms with Crippen LogP contribution in [0.4, 0.5) is 11.5 Å². The molecular formula is C34H30N6O. The summed E-state index contributed by atoms with van der Waals surface area (Å²) >= 11 is 0. The molecule has 0 atom stereocenters. The van der Waals surface area contributed by atoms with Crippen LogP contribution in [0.2, 0.25) is 0 Å². The second kappa shape index (κ2) is 12.0. The van der Waals surface area contributed by atoms with Crippen LogP contribution < -0.4 is 10.2 Å². The fraction of sp³-hybridized carbons (Fsp3) is 0.176. The molecule has 7 heteroatoms. The van der Waals surface area contributed by atoms with Crippen molar-refractivity contribution >= 4 is 28.4 Å². The van der Waals surface area contributed by atoms with Gasteiger partial charge < -0.3 is 10.2 Å². The van der Waals surface area contributed by atoms with Crippen molar-refractivity contribution in [2.45, 2.75) is 13.0 Å². The maximum absolute atomic E-state index is 12.4. The van der Waals surface area contributed by atoms with Crippen molar-refractivity contribution in [3.8, 4) is 17.2 Å². The van der Waals surface area contributed by atoms with Gasteiger partial charge in [-0.25, -0.2) is 4.98 Å². The van der Waals surface area contributed by atoms with E-state index in [1.165, 1.54) is 5.56 Å². The van der Waals surface area contributed by atoms with Gasteiger partial charge in [-0.3, -0.25) is 14.7 Å². The lowest BCUT2D eigenvalue weighted by atomic mass is 10.0. The molecule has 2 heterocycles. The van der Waals surface area contributed by atoms with Gasteiger partial charge in [0.15, 0.2) is 0 Å². The molecule has 6 rings (SSSR count). The van der Waals surface area contributed by atoms with Crippen LogP contribution >= 0.6 is 0 Å². The maximum Gasteiger partial charge on any atom is 0.228 e. The van der Waals surface area contributed by atoms with Crippen molar-refractivity contribution < 1.29 is 4.79 Å². The van der Waals surface area contributed by atoms with Crippen LogP contribution in [0.1, 0.15) is 16.7 Å². The van der Waals surface area contributed by atoms with Crippen molar-refractivity contribution in [1.29, 1.82) is 5.26 Å². The number of carbonyl (C=O) groups excluding carboxylic acids is 1. The van der Waals surface area contributed by atoms with E-state index in [0.29, 0.717) is 12.0 Å². The Morgan fingerprint density at radius 1 is 0.805 bits per heavy atom. The smallest absolute Gasteiger partial charge is 0.228 e. The average molecular weight is 539 g/mol. The number of piperazine rings is 1. The lowest BCUT2D eigenvalue weighted by Gasteiger charge is -2.35. The first kappa shape index (κ1) is 26.2. The minimum Gasteiger partial charge on any atom is -0.353 e. The maximum atomic E-state index is 12.4. The topological polar surface area (TPSA) is 85.2 Å². The van der Waals surface area contributed by atoms with E-state index in [1.807, 2.05) is 91.1 Å². The lowest BCUT2D eigenvalue weighted by molar-refractivity contribution is -0.115. The summed E-state index contributed by atoms with van der Waals surface area (Å²) < 4.78 is 0. The number of nitriles is 1. The second-order valence-corrected chi connectivity index (χ2v) is 10.3. The number of fused-ring (bicyclic) bond motifs is 1. The van der Waals surface area contributed by atoms with E-state index in [-0.39, 0.29) is 5.91 Å². The molecule has 0 aliphatic carbocycles. The zero-order valence-electron chi connectivity index (χ0n) is 22.7. The Hall–Kier alpha value is -5.06. The Kier molecular flexibility index (Phi) is 7.65. The van der Waals surface area contributed by atoms with Crippen LogP contribution in [-0.4, -0.2) is 47.0 Å². The standard InChI is InChI=1S/C34H30N6O/c35-22-26-6-8-27(9-7-26)24-39-16-18-40(19-17-39)33-23-36-31-15-12-29(21-32(31)38-33)28-10-13-30(14-11-28)37-34(41)20-25-4-2-1-3-5-25/h1-15,21,23H,16-20,24H2,(H,37,41). The predicted octanol–water partition coefficient (Wildman–Crippen LogP) is 5.67.